The van der Waals surface area contributed by atoms with Gasteiger partial charge < -0.3 is 10.2 Å². The Morgan fingerprint density at radius 1 is 1.37 bits per heavy atom. The molecule has 19 heavy (non-hydrogen) atoms. The molecule has 1 atom stereocenters. The van der Waals surface area contributed by atoms with Gasteiger partial charge in [0.15, 0.2) is 0 Å². The number of nitrogens with one attached hydrogen (secondary N) is 1. The maximum absolute atomic E-state index is 14.3. The van der Waals surface area contributed by atoms with Gasteiger partial charge in [0.25, 0.3) is 0 Å². The summed E-state index contributed by atoms with van der Waals surface area (Å²) in [7, 11) is 0. The molecule has 1 saturated heterocycles. The van der Waals surface area contributed by atoms with Gasteiger partial charge in [-0.05, 0) is 36.5 Å². The van der Waals surface area contributed by atoms with E-state index in [1.54, 1.807) is 6.07 Å². The quantitative estimate of drug-likeness (QED) is 0.882. The van der Waals surface area contributed by atoms with Crippen molar-refractivity contribution >= 4 is 5.69 Å². The third kappa shape index (κ3) is 3.93. The van der Waals surface area contributed by atoms with Gasteiger partial charge in [-0.1, -0.05) is 26.8 Å². The number of nitrogens with zero attached hydrogens (tertiary/aromatic N) is 1. The van der Waals surface area contributed by atoms with Gasteiger partial charge in [0, 0.05) is 25.7 Å². The van der Waals surface area contributed by atoms with Crippen LogP contribution in [0.25, 0.3) is 0 Å². The van der Waals surface area contributed by atoms with Crippen molar-refractivity contribution in [2.75, 3.05) is 24.5 Å². The zero-order chi connectivity index (χ0) is 14.0. The lowest BCUT2D eigenvalue weighted by atomic mass is 9.88. The number of anilines is 1. The van der Waals surface area contributed by atoms with Crippen LogP contribution in [0.3, 0.4) is 0 Å². The number of hydrogen-bond donors (Lipinski definition) is 1. The molecule has 1 heterocycles. The van der Waals surface area contributed by atoms with Crippen molar-refractivity contribution in [2.45, 2.75) is 40.2 Å². The molecule has 0 amide bonds. The second kappa shape index (κ2) is 5.49. The summed E-state index contributed by atoms with van der Waals surface area (Å²) in [5.41, 5.74) is 2.01. The Morgan fingerprint density at radius 2 is 2.11 bits per heavy atom. The average Bonchev–Trinajstić information content (AvgIpc) is 2.26. The van der Waals surface area contributed by atoms with E-state index < -0.39 is 0 Å². The molecule has 0 aliphatic carbocycles. The molecule has 0 aromatic heterocycles. The standard InChI is InChI=1S/C16H25FN2/c1-12-11-19(8-7-18-12)15-6-5-13(9-14(15)17)10-16(2,3)4/h5-6,9,12,18H,7-8,10-11H2,1-4H3. The van der Waals surface area contributed by atoms with Crippen molar-refractivity contribution in [3.05, 3.63) is 29.6 Å². The minimum atomic E-state index is -0.0872. The van der Waals surface area contributed by atoms with E-state index in [-0.39, 0.29) is 11.2 Å². The highest BCUT2D eigenvalue weighted by atomic mass is 19.1. The van der Waals surface area contributed by atoms with Crippen molar-refractivity contribution in [1.29, 1.82) is 0 Å². The third-order valence-electron chi connectivity index (χ3n) is 3.46. The number of benzene rings is 1. The Bertz CT molecular complexity index is 437. The number of rotatable bonds is 2. The van der Waals surface area contributed by atoms with Crippen LogP contribution in [-0.2, 0) is 6.42 Å². The molecule has 0 spiro atoms. The zero-order valence-corrected chi connectivity index (χ0v) is 12.5. The van der Waals surface area contributed by atoms with Crippen LogP contribution in [-0.4, -0.2) is 25.7 Å². The van der Waals surface area contributed by atoms with Crippen molar-refractivity contribution in [3.63, 3.8) is 0 Å². The summed E-state index contributed by atoms with van der Waals surface area (Å²) >= 11 is 0. The Kier molecular flexibility index (Phi) is 4.14. The van der Waals surface area contributed by atoms with E-state index in [1.807, 2.05) is 6.07 Å². The minimum Gasteiger partial charge on any atom is -0.366 e. The Balaban J connectivity index is 2.15. The molecule has 1 aliphatic heterocycles. The smallest absolute Gasteiger partial charge is 0.146 e. The molecule has 0 radical (unpaired) electrons. The van der Waals surface area contributed by atoms with Crippen molar-refractivity contribution in [1.82, 2.24) is 5.32 Å². The summed E-state index contributed by atoms with van der Waals surface area (Å²) < 4.78 is 14.3. The van der Waals surface area contributed by atoms with Gasteiger partial charge in [0.05, 0.1) is 5.69 Å². The minimum absolute atomic E-state index is 0.0872. The summed E-state index contributed by atoms with van der Waals surface area (Å²) in [6.07, 6.45) is 0.905. The molecule has 2 nitrogen and oxygen atoms in total. The van der Waals surface area contributed by atoms with E-state index in [0.29, 0.717) is 6.04 Å². The van der Waals surface area contributed by atoms with Crippen LogP contribution in [0.5, 0.6) is 0 Å². The van der Waals surface area contributed by atoms with Gasteiger partial charge in [-0.15, -0.1) is 0 Å². The second-order valence-corrected chi connectivity index (χ2v) is 6.82. The van der Waals surface area contributed by atoms with E-state index in [0.717, 1.165) is 37.3 Å². The highest BCUT2D eigenvalue weighted by molar-refractivity contribution is 5.50. The molecule has 1 aromatic rings. The van der Waals surface area contributed by atoms with Crippen LogP contribution in [0.4, 0.5) is 10.1 Å². The fraction of sp³-hybridized carbons (Fsp3) is 0.625. The van der Waals surface area contributed by atoms with Crippen LogP contribution in [0.2, 0.25) is 0 Å². The largest absolute Gasteiger partial charge is 0.366 e. The van der Waals surface area contributed by atoms with Crippen molar-refractivity contribution in [2.24, 2.45) is 5.41 Å². The third-order valence-corrected chi connectivity index (χ3v) is 3.46. The SMILES string of the molecule is CC1CN(c2ccc(CC(C)(C)C)cc2F)CCN1. The van der Waals surface area contributed by atoms with Gasteiger partial charge >= 0.3 is 0 Å². The summed E-state index contributed by atoms with van der Waals surface area (Å²) in [5.74, 6) is -0.0872. The first-order valence-electron chi connectivity index (χ1n) is 7.12. The number of piperazine rings is 1. The molecular weight excluding hydrogens is 239 g/mol. The van der Waals surface area contributed by atoms with E-state index >= 15 is 0 Å². The Morgan fingerprint density at radius 3 is 2.68 bits per heavy atom. The van der Waals surface area contributed by atoms with Crippen molar-refractivity contribution < 1.29 is 4.39 Å². The summed E-state index contributed by atoms with van der Waals surface area (Å²) in [6, 6.07) is 6.13. The summed E-state index contributed by atoms with van der Waals surface area (Å²) in [5, 5.41) is 3.38. The van der Waals surface area contributed by atoms with E-state index in [1.165, 1.54) is 0 Å². The molecule has 3 heteroatoms. The normalized spacial score (nSPS) is 20.7. The fourth-order valence-corrected chi connectivity index (χ4v) is 2.68. The first-order valence-corrected chi connectivity index (χ1v) is 7.12. The maximum Gasteiger partial charge on any atom is 0.146 e. The van der Waals surface area contributed by atoms with Gasteiger partial charge in [-0.3, -0.25) is 0 Å². The van der Waals surface area contributed by atoms with Crippen molar-refractivity contribution in [3.8, 4) is 0 Å². The van der Waals surface area contributed by atoms with Crippen LogP contribution >= 0.6 is 0 Å². The average molecular weight is 264 g/mol. The lowest BCUT2D eigenvalue weighted by Gasteiger charge is -2.34. The lowest BCUT2D eigenvalue weighted by molar-refractivity contribution is 0.410. The second-order valence-electron chi connectivity index (χ2n) is 6.82. The molecule has 1 unspecified atom stereocenters. The van der Waals surface area contributed by atoms with Gasteiger partial charge in [0.1, 0.15) is 5.82 Å². The van der Waals surface area contributed by atoms with Crippen LogP contribution in [0, 0.1) is 11.2 Å². The fourth-order valence-electron chi connectivity index (χ4n) is 2.68. The van der Waals surface area contributed by atoms with Crippen LogP contribution in [0.15, 0.2) is 18.2 Å². The predicted molar refractivity (Wildman–Crippen MR) is 79.2 cm³/mol. The van der Waals surface area contributed by atoms with Gasteiger partial charge in [-0.25, -0.2) is 4.39 Å². The molecular formula is C16H25FN2. The number of halogens is 1. The maximum atomic E-state index is 14.3. The van der Waals surface area contributed by atoms with Crippen LogP contribution in [0.1, 0.15) is 33.3 Å². The molecule has 106 valence electrons. The van der Waals surface area contributed by atoms with E-state index in [2.05, 4.69) is 44.0 Å². The molecule has 0 saturated carbocycles. The molecule has 1 fully saturated rings. The highest BCUT2D eigenvalue weighted by Gasteiger charge is 2.19. The number of hydrogen-bond acceptors (Lipinski definition) is 2. The molecule has 0 bridgehead atoms. The predicted octanol–water partition coefficient (Wildman–Crippen LogP) is 3.21. The van der Waals surface area contributed by atoms with Crippen LogP contribution < -0.4 is 10.2 Å². The molecule has 1 N–H and O–H groups in total. The molecule has 1 aromatic carbocycles. The summed E-state index contributed by atoms with van der Waals surface area (Å²) in [4.78, 5) is 2.14. The molecule has 2 rings (SSSR count). The Hall–Kier alpha value is -1.09. The lowest BCUT2D eigenvalue weighted by Crippen LogP contribution is -2.49. The monoisotopic (exact) mass is 264 g/mol. The zero-order valence-electron chi connectivity index (χ0n) is 12.5. The van der Waals surface area contributed by atoms with E-state index in [9.17, 15) is 4.39 Å². The first-order chi connectivity index (χ1) is 8.85. The van der Waals surface area contributed by atoms with Gasteiger partial charge in [0.2, 0.25) is 0 Å². The first kappa shape index (κ1) is 14.3. The highest BCUT2D eigenvalue weighted by Crippen LogP contribution is 2.26. The summed E-state index contributed by atoms with van der Waals surface area (Å²) in [6.45, 7) is 11.3. The van der Waals surface area contributed by atoms with Gasteiger partial charge in [-0.2, -0.15) is 0 Å². The molecule has 1 aliphatic rings. The topological polar surface area (TPSA) is 15.3 Å². The Labute approximate surface area is 116 Å². The van der Waals surface area contributed by atoms with E-state index in [4.69, 9.17) is 0 Å².